The highest BCUT2D eigenvalue weighted by Crippen LogP contribution is 2.21. The average Bonchev–Trinajstić information content (AvgIpc) is 3.08. The summed E-state index contributed by atoms with van der Waals surface area (Å²) in [5.41, 5.74) is 3.72. The molecule has 1 aliphatic heterocycles. The van der Waals surface area contributed by atoms with Crippen LogP contribution in [-0.4, -0.2) is 61.0 Å². The van der Waals surface area contributed by atoms with Gasteiger partial charge in [-0.1, -0.05) is 18.2 Å². The van der Waals surface area contributed by atoms with Gasteiger partial charge in [0.1, 0.15) is 0 Å². The molecule has 2 heterocycles. The molecule has 28 heavy (non-hydrogen) atoms. The zero-order valence-electron chi connectivity index (χ0n) is 16.8. The molecule has 7 heteroatoms. The fraction of sp³-hybridized carbons (Fsp3) is 0.571. The molecule has 1 saturated heterocycles. The van der Waals surface area contributed by atoms with Crippen LogP contribution in [0.5, 0.6) is 0 Å². The topological polar surface area (TPSA) is 55.5 Å². The Bertz CT molecular complexity index is 778. The Morgan fingerprint density at radius 3 is 2.82 bits per heavy atom. The number of piperidine rings is 1. The molecule has 154 valence electrons. The van der Waals surface area contributed by atoms with Crippen LogP contribution in [0.4, 0.5) is 8.78 Å². The molecule has 0 unspecified atom stereocenters. The number of hydrogen-bond donors (Lipinski definition) is 3. The van der Waals surface area contributed by atoms with Crippen molar-refractivity contribution in [3.63, 3.8) is 0 Å². The van der Waals surface area contributed by atoms with Crippen LogP contribution in [0, 0.1) is 6.92 Å². The minimum absolute atomic E-state index is 0.120. The Hall–Kier alpha value is -2.15. The number of guanidine groups is 1. The van der Waals surface area contributed by atoms with E-state index in [0.29, 0.717) is 19.6 Å². The lowest BCUT2D eigenvalue weighted by molar-refractivity contribution is 0.0744. The number of nitrogens with one attached hydrogen (secondary N) is 3. The van der Waals surface area contributed by atoms with Crippen LogP contribution in [0.15, 0.2) is 29.4 Å². The van der Waals surface area contributed by atoms with Crippen molar-refractivity contribution in [2.75, 3.05) is 32.7 Å². The summed E-state index contributed by atoms with van der Waals surface area (Å²) < 4.78 is 25.0. The first kappa shape index (κ1) is 20.6. The molecule has 0 radical (unpaired) electrons. The van der Waals surface area contributed by atoms with Gasteiger partial charge in [0.2, 0.25) is 0 Å². The number of fused-ring (bicyclic) bond motifs is 1. The summed E-state index contributed by atoms with van der Waals surface area (Å²) >= 11 is 0. The predicted octanol–water partition coefficient (Wildman–Crippen LogP) is 3.30. The summed E-state index contributed by atoms with van der Waals surface area (Å²) in [5, 5.41) is 8.03. The Balaban J connectivity index is 1.53. The van der Waals surface area contributed by atoms with Crippen molar-refractivity contribution in [1.82, 2.24) is 20.5 Å². The highest BCUT2D eigenvalue weighted by atomic mass is 19.3. The second-order valence-electron chi connectivity index (χ2n) is 7.43. The highest BCUT2D eigenvalue weighted by molar-refractivity contribution is 5.86. The van der Waals surface area contributed by atoms with E-state index >= 15 is 0 Å². The quantitative estimate of drug-likeness (QED) is 0.501. The van der Waals surface area contributed by atoms with E-state index in [2.05, 4.69) is 46.9 Å². The normalized spacial score (nSPS) is 16.8. The van der Waals surface area contributed by atoms with Crippen molar-refractivity contribution in [1.29, 1.82) is 0 Å². The maximum absolute atomic E-state index is 12.5. The predicted molar refractivity (Wildman–Crippen MR) is 111 cm³/mol. The number of rotatable bonds is 7. The van der Waals surface area contributed by atoms with Gasteiger partial charge in [-0.15, -0.1) is 0 Å². The summed E-state index contributed by atoms with van der Waals surface area (Å²) in [6.07, 6.45) is 2.41. The number of aryl methyl sites for hydroxylation is 1. The number of alkyl halides is 2. The standard InChI is InChI=1S/C21H31F2N5/c1-3-24-21(27-17-8-11-28(12-9-17)14-19(22)23)25-10-7-16-13-26-20-15(2)5-4-6-18(16)20/h4-6,13,17,19,26H,3,7-12,14H2,1-2H3,(H2,24,25,27). The number of aromatic nitrogens is 1. The molecule has 0 amide bonds. The first-order valence-corrected chi connectivity index (χ1v) is 10.2. The van der Waals surface area contributed by atoms with E-state index in [1.807, 2.05) is 11.8 Å². The number of hydrogen-bond acceptors (Lipinski definition) is 2. The zero-order valence-corrected chi connectivity index (χ0v) is 16.8. The number of para-hydroxylation sites is 1. The highest BCUT2D eigenvalue weighted by Gasteiger charge is 2.21. The van der Waals surface area contributed by atoms with Crippen molar-refractivity contribution < 1.29 is 8.78 Å². The molecule has 0 saturated carbocycles. The van der Waals surface area contributed by atoms with Gasteiger partial charge in [-0.2, -0.15) is 0 Å². The molecular weight excluding hydrogens is 360 g/mol. The average molecular weight is 392 g/mol. The monoisotopic (exact) mass is 391 g/mol. The molecular formula is C21H31F2N5. The largest absolute Gasteiger partial charge is 0.361 e. The van der Waals surface area contributed by atoms with Crippen molar-refractivity contribution in [2.45, 2.75) is 45.6 Å². The second-order valence-corrected chi connectivity index (χ2v) is 7.43. The summed E-state index contributed by atoms with van der Waals surface area (Å²) in [7, 11) is 0. The molecule has 1 fully saturated rings. The van der Waals surface area contributed by atoms with Gasteiger partial charge >= 0.3 is 0 Å². The number of aliphatic imine (C=N–C) groups is 1. The number of aromatic amines is 1. The van der Waals surface area contributed by atoms with Crippen LogP contribution >= 0.6 is 0 Å². The molecule has 0 spiro atoms. The van der Waals surface area contributed by atoms with Crippen molar-refractivity contribution >= 4 is 16.9 Å². The summed E-state index contributed by atoms with van der Waals surface area (Å²) in [6.45, 7) is 6.94. The third-order valence-corrected chi connectivity index (χ3v) is 5.33. The first-order chi connectivity index (χ1) is 13.6. The van der Waals surface area contributed by atoms with Gasteiger partial charge in [0, 0.05) is 49.3 Å². The Morgan fingerprint density at radius 1 is 1.32 bits per heavy atom. The second kappa shape index (κ2) is 9.87. The number of halogens is 2. The molecule has 1 aliphatic rings. The third kappa shape index (κ3) is 5.44. The van der Waals surface area contributed by atoms with E-state index in [0.717, 1.165) is 31.8 Å². The molecule has 3 rings (SSSR count). The number of likely N-dealkylation sites (tertiary alicyclic amines) is 1. The lowest BCUT2D eigenvalue weighted by Gasteiger charge is -2.32. The lowest BCUT2D eigenvalue weighted by atomic mass is 10.1. The lowest BCUT2D eigenvalue weighted by Crippen LogP contribution is -2.49. The third-order valence-electron chi connectivity index (χ3n) is 5.33. The van der Waals surface area contributed by atoms with E-state index in [1.54, 1.807) is 0 Å². The summed E-state index contributed by atoms with van der Waals surface area (Å²) in [4.78, 5) is 9.93. The zero-order chi connectivity index (χ0) is 19.9. The van der Waals surface area contributed by atoms with Gasteiger partial charge in [0.15, 0.2) is 5.96 Å². The van der Waals surface area contributed by atoms with Crippen LogP contribution in [-0.2, 0) is 6.42 Å². The molecule has 1 aromatic carbocycles. The van der Waals surface area contributed by atoms with E-state index in [9.17, 15) is 8.78 Å². The molecule has 1 aromatic heterocycles. The number of H-pyrrole nitrogens is 1. The van der Waals surface area contributed by atoms with Crippen LogP contribution in [0.1, 0.15) is 30.9 Å². The van der Waals surface area contributed by atoms with Gasteiger partial charge in [0.05, 0.1) is 6.54 Å². The van der Waals surface area contributed by atoms with Crippen LogP contribution in [0.2, 0.25) is 0 Å². The Labute approximate surface area is 165 Å². The van der Waals surface area contributed by atoms with Gasteiger partial charge in [-0.25, -0.2) is 8.78 Å². The number of nitrogens with zero attached hydrogens (tertiary/aromatic N) is 2. The fourth-order valence-corrected chi connectivity index (χ4v) is 3.83. The van der Waals surface area contributed by atoms with Crippen molar-refractivity contribution in [3.05, 3.63) is 35.5 Å². The molecule has 0 bridgehead atoms. The van der Waals surface area contributed by atoms with Crippen LogP contribution < -0.4 is 10.6 Å². The minimum atomic E-state index is -2.25. The smallest absolute Gasteiger partial charge is 0.251 e. The summed E-state index contributed by atoms with van der Waals surface area (Å²) in [5.74, 6) is 0.811. The van der Waals surface area contributed by atoms with Gasteiger partial charge < -0.3 is 15.6 Å². The minimum Gasteiger partial charge on any atom is -0.361 e. The SMILES string of the molecule is CCNC(=NCCc1c[nH]c2c(C)cccc12)NC1CCN(CC(F)F)CC1. The molecule has 0 atom stereocenters. The molecule has 2 aromatic rings. The summed E-state index contributed by atoms with van der Waals surface area (Å²) in [6, 6.07) is 6.63. The van der Waals surface area contributed by atoms with Gasteiger partial charge in [-0.3, -0.25) is 9.89 Å². The molecule has 0 aliphatic carbocycles. The first-order valence-electron chi connectivity index (χ1n) is 10.2. The van der Waals surface area contributed by atoms with Crippen molar-refractivity contribution in [3.8, 4) is 0 Å². The van der Waals surface area contributed by atoms with E-state index in [4.69, 9.17) is 4.99 Å². The maximum atomic E-state index is 12.5. The van der Waals surface area contributed by atoms with Crippen molar-refractivity contribution in [2.24, 2.45) is 4.99 Å². The fourth-order valence-electron chi connectivity index (χ4n) is 3.83. The molecule has 3 N–H and O–H groups in total. The Morgan fingerprint density at radius 2 is 2.11 bits per heavy atom. The van der Waals surface area contributed by atoms with E-state index in [1.165, 1.54) is 22.0 Å². The number of benzene rings is 1. The Kier molecular flexibility index (Phi) is 7.25. The van der Waals surface area contributed by atoms with Gasteiger partial charge in [-0.05, 0) is 44.2 Å². The van der Waals surface area contributed by atoms with Gasteiger partial charge in [0.25, 0.3) is 6.43 Å². The van der Waals surface area contributed by atoms with E-state index < -0.39 is 6.43 Å². The molecule has 5 nitrogen and oxygen atoms in total. The van der Waals surface area contributed by atoms with Crippen LogP contribution in [0.3, 0.4) is 0 Å². The van der Waals surface area contributed by atoms with Crippen LogP contribution in [0.25, 0.3) is 10.9 Å². The van der Waals surface area contributed by atoms with E-state index in [-0.39, 0.29) is 12.6 Å². The maximum Gasteiger partial charge on any atom is 0.251 e.